The minimum atomic E-state index is -0.383. The first-order valence-corrected chi connectivity index (χ1v) is 9.13. The van der Waals surface area contributed by atoms with Gasteiger partial charge in [0.05, 0.1) is 4.92 Å². The number of rotatable bonds is 8. The highest BCUT2D eigenvalue weighted by molar-refractivity contribution is 14.0. The summed E-state index contributed by atoms with van der Waals surface area (Å²) in [5.41, 5.74) is 1.22. The number of unbranched alkanes of at least 4 members (excludes halogenated alkanes) is 1. The smallest absolute Gasteiger partial charge is 0.269 e. The molecule has 3 N–H and O–H groups in total. The molecule has 0 spiro atoms. The molecule has 1 aromatic carbocycles. The molecule has 1 atom stereocenters. The molecule has 1 aliphatic heterocycles. The zero-order valence-corrected chi connectivity index (χ0v) is 17.9. The molecular weight excluding hydrogens is 461 g/mol. The SMILES string of the molecule is CCNC(=NCCCCc1ccc([N+](=O)[O-])cc1)NC1CCC(=O)NC1.I. The van der Waals surface area contributed by atoms with E-state index in [-0.39, 0.29) is 46.5 Å². The molecule has 1 heterocycles. The molecule has 1 saturated heterocycles. The first-order valence-electron chi connectivity index (χ1n) is 9.13. The van der Waals surface area contributed by atoms with E-state index in [0.29, 0.717) is 19.5 Å². The summed E-state index contributed by atoms with van der Waals surface area (Å²) >= 11 is 0. The molecule has 1 fully saturated rings. The number of amides is 1. The van der Waals surface area contributed by atoms with Crippen LogP contribution in [0.5, 0.6) is 0 Å². The maximum absolute atomic E-state index is 11.2. The summed E-state index contributed by atoms with van der Waals surface area (Å²) in [4.78, 5) is 26.1. The molecule has 27 heavy (non-hydrogen) atoms. The van der Waals surface area contributed by atoms with E-state index in [1.165, 1.54) is 0 Å². The largest absolute Gasteiger partial charge is 0.357 e. The first-order chi connectivity index (χ1) is 12.6. The average molecular weight is 489 g/mol. The number of carbonyl (C=O) groups excluding carboxylic acids is 1. The van der Waals surface area contributed by atoms with Crippen LogP contribution < -0.4 is 16.0 Å². The fraction of sp³-hybridized carbons (Fsp3) is 0.556. The lowest BCUT2D eigenvalue weighted by molar-refractivity contribution is -0.384. The van der Waals surface area contributed by atoms with E-state index in [9.17, 15) is 14.9 Å². The van der Waals surface area contributed by atoms with Gasteiger partial charge in [-0.2, -0.15) is 0 Å². The molecule has 1 unspecified atom stereocenters. The van der Waals surface area contributed by atoms with Crippen LogP contribution in [0, 0.1) is 10.1 Å². The van der Waals surface area contributed by atoms with Gasteiger partial charge in [-0.05, 0) is 38.2 Å². The van der Waals surface area contributed by atoms with Gasteiger partial charge in [0.1, 0.15) is 0 Å². The molecule has 0 aliphatic carbocycles. The number of carbonyl (C=O) groups is 1. The Morgan fingerprint density at radius 2 is 2.07 bits per heavy atom. The van der Waals surface area contributed by atoms with Crippen LogP contribution in [0.4, 0.5) is 5.69 Å². The zero-order valence-electron chi connectivity index (χ0n) is 15.6. The number of aliphatic imine (C=N–C) groups is 1. The lowest BCUT2D eigenvalue weighted by atomic mass is 10.1. The molecule has 0 bridgehead atoms. The van der Waals surface area contributed by atoms with Crippen molar-refractivity contribution in [3.63, 3.8) is 0 Å². The summed E-state index contributed by atoms with van der Waals surface area (Å²) in [6.07, 6.45) is 4.16. The van der Waals surface area contributed by atoms with Crippen molar-refractivity contribution in [2.75, 3.05) is 19.6 Å². The molecule has 1 amide bonds. The number of guanidine groups is 1. The molecule has 9 heteroatoms. The zero-order chi connectivity index (χ0) is 18.8. The molecule has 8 nitrogen and oxygen atoms in total. The van der Waals surface area contributed by atoms with Crippen molar-refractivity contribution in [1.29, 1.82) is 0 Å². The number of nitro groups is 1. The number of hydrogen-bond donors (Lipinski definition) is 3. The van der Waals surface area contributed by atoms with E-state index in [2.05, 4.69) is 20.9 Å². The van der Waals surface area contributed by atoms with Crippen molar-refractivity contribution in [3.05, 3.63) is 39.9 Å². The number of piperidine rings is 1. The Hall–Kier alpha value is -1.91. The summed E-state index contributed by atoms with van der Waals surface area (Å²) in [6.45, 7) is 4.15. The Kier molecular flexibility index (Phi) is 10.7. The minimum absolute atomic E-state index is 0. The van der Waals surface area contributed by atoms with Crippen LogP contribution in [0.2, 0.25) is 0 Å². The van der Waals surface area contributed by atoms with Gasteiger partial charge in [0, 0.05) is 44.2 Å². The van der Waals surface area contributed by atoms with Gasteiger partial charge >= 0.3 is 0 Å². The molecule has 2 rings (SSSR count). The van der Waals surface area contributed by atoms with Crippen molar-refractivity contribution in [2.24, 2.45) is 4.99 Å². The van der Waals surface area contributed by atoms with Crippen molar-refractivity contribution in [2.45, 2.75) is 45.1 Å². The molecule has 150 valence electrons. The number of nitrogens with one attached hydrogen (secondary N) is 3. The van der Waals surface area contributed by atoms with E-state index >= 15 is 0 Å². The number of nitrogens with zero attached hydrogens (tertiary/aromatic N) is 2. The standard InChI is InChI=1S/C18H27N5O3.HI/c1-2-19-18(22-15-8-11-17(24)21-13-15)20-12-4-3-5-14-6-9-16(10-7-14)23(25)26;/h6-7,9-10,15H,2-5,8,11-13H2,1H3,(H,21,24)(H2,19,20,22);1H. The molecular formula is C18H28IN5O3. The van der Waals surface area contributed by atoms with Gasteiger partial charge in [-0.25, -0.2) is 0 Å². The predicted octanol–water partition coefficient (Wildman–Crippen LogP) is 2.37. The highest BCUT2D eigenvalue weighted by Gasteiger charge is 2.18. The van der Waals surface area contributed by atoms with Gasteiger partial charge in [0.25, 0.3) is 5.69 Å². The van der Waals surface area contributed by atoms with E-state index in [0.717, 1.165) is 43.8 Å². The molecule has 0 radical (unpaired) electrons. The van der Waals surface area contributed by atoms with E-state index in [1.807, 2.05) is 19.1 Å². The van der Waals surface area contributed by atoms with Crippen molar-refractivity contribution in [3.8, 4) is 0 Å². The molecule has 1 aromatic rings. The summed E-state index contributed by atoms with van der Waals surface area (Å²) in [5, 5.41) is 20.1. The van der Waals surface area contributed by atoms with Crippen LogP contribution >= 0.6 is 24.0 Å². The normalized spacial score (nSPS) is 16.9. The highest BCUT2D eigenvalue weighted by atomic mass is 127. The lowest BCUT2D eigenvalue weighted by Crippen LogP contribution is -2.51. The van der Waals surface area contributed by atoms with Crippen LogP contribution in [-0.2, 0) is 11.2 Å². The third-order valence-corrected chi connectivity index (χ3v) is 4.24. The van der Waals surface area contributed by atoms with Crippen LogP contribution in [0.15, 0.2) is 29.3 Å². The Morgan fingerprint density at radius 1 is 1.33 bits per heavy atom. The number of nitro benzene ring substituents is 1. The van der Waals surface area contributed by atoms with Crippen molar-refractivity contribution in [1.82, 2.24) is 16.0 Å². The molecule has 1 aliphatic rings. The van der Waals surface area contributed by atoms with Gasteiger partial charge in [0.15, 0.2) is 5.96 Å². The molecule has 0 saturated carbocycles. The number of benzene rings is 1. The number of hydrogen-bond acceptors (Lipinski definition) is 4. The fourth-order valence-corrected chi connectivity index (χ4v) is 2.79. The summed E-state index contributed by atoms with van der Waals surface area (Å²) in [6, 6.07) is 6.92. The maximum atomic E-state index is 11.2. The summed E-state index contributed by atoms with van der Waals surface area (Å²) < 4.78 is 0. The second kappa shape index (κ2) is 12.5. The monoisotopic (exact) mass is 489 g/mol. The molecule has 0 aromatic heterocycles. The second-order valence-electron chi connectivity index (χ2n) is 6.33. The maximum Gasteiger partial charge on any atom is 0.269 e. The van der Waals surface area contributed by atoms with Crippen LogP contribution in [0.1, 0.15) is 38.2 Å². The number of non-ortho nitro benzene ring substituents is 1. The first kappa shape index (κ1) is 23.1. The predicted molar refractivity (Wildman–Crippen MR) is 117 cm³/mol. The van der Waals surface area contributed by atoms with Gasteiger partial charge < -0.3 is 16.0 Å². The number of halogens is 1. The lowest BCUT2D eigenvalue weighted by Gasteiger charge is -2.25. The minimum Gasteiger partial charge on any atom is -0.357 e. The Morgan fingerprint density at radius 3 is 2.67 bits per heavy atom. The van der Waals surface area contributed by atoms with E-state index < -0.39 is 0 Å². The third-order valence-electron chi connectivity index (χ3n) is 4.24. The van der Waals surface area contributed by atoms with Gasteiger partial charge in [-0.3, -0.25) is 19.9 Å². The second-order valence-corrected chi connectivity index (χ2v) is 6.33. The quantitative estimate of drug-likeness (QED) is 0.130. The fourth-order valence-electron chi connectivity index (χ4n) is 2.79. The average Bonchev–Trinajstić information content (AvgIpc) is 2.64. The highest BCUT2D eigenvalue weighted by Crippen LogP contribution is 2.13. The Bertz CT molecular complexity index is 626. The van der Waals surface area contributed by atoms with Gasteiger partial charge in [0.2, 0.25) is 5.91 Å². The van der Waals surface area contributed by atoms with Gasteiger partial charge in [-0.15, -0.1) is 24.0 Å². The van der Waals surface area contributed by atoms with E-state index in [1.54, 1.807) is 12.1 Å². The summed E-state index contributed by atoms with van der Waals surface area (Å²) in [7, 11) is 0. The summed E-state index contributed by atoms with van der Waals surface area (Å²) in [5.74, 6) is 0.889. The third kappa shape index (κ3) is 8.55. The van der Waals surface area contributed by atoms with Crippen molar-refractivity contribution < 1.29 is 9.72 Å². The van der Waals surface area contributed by atoms with Crippen LogP contribution in [0.25, 0.3) is 0 Å². The Labute approximate surface area is 176 Å². The topological polar surface area (TPSA) is 109 Å². The van der Waals surface area contributed by atoms with Crippen molar-refractivity contribution >= 4 is 41.5 Å². The van der Waals surface area contributed by atoms with Gasteiger partial charge in [-0.1, -0.05) is 12.1 Å². The van der Waals surface area contributed by atoms with Crippen LogP contribution in [0.3, 0.4) is 0 Å². The number of aryl methyl sites for hydroxylation is 1. The van der Waals surface area contributed by atoms with Crippen LogP contribution in [-0.4, -0.2) is 42.5 Å². The van der Waals surface area contributed by atoms with E-state index in [4.69, 9.17) is 0 Å². The Balaban J connectivity index is 0.00000364.